The number of carbonyl (C=O) groups is 2. The second-order valence-corrected chi connectivity index (χ2v) is 9.85. The Kier molecular flexibility index (Phi) is 7.15. The number of benzene rings is 1. The molecule has 5 rings (SSSR count). The number of aryl methyl sites for hydroxylation is 1. The predicted octanol–water partition coefficient (Wildman–Crippen LogP) is 4.84. The Balaban J connectivity index is 1.32. The minimum absolute atomic E-state index is 0.0580. The van der Waals surface area contributed by atoms with Crippen LogP contribution in [0.3, 0.4) is 0 Å². The molecule has 1 aliphatic heterocycles. The highest BCUT2D eigenvalue weighted by Gasteiger charge is 2.28. The lowest BCUT2D eigenvalue weighted by Crippen LogP contribution is -2.32. The molecular formula is C26H29N3O5S. The van der Waals surface area contributed by atoms with Crippen molar-refractivity contribution in [1.82, 2.24) is 10.5 Å². The number of hydrogen-bond donors (Lipinski definition) is 2. The van der Waals surface area contributed by atoms with Gasteiger partial charge in [0, 0.05) is 29.7 Å². The summed E-state index contributed by atoms with van der Waals surface area (Å²) in [6.07, 6.45) is 5.93. The van der Waals surface area contributed by atoms with Gasteiger partial charge in [0.25, 0.3) is 11.8 Å². The van der Waals surface area contributed by atoms with Gasteiger partial charge in [-0.05, 0) is 75.3 Å². The van der Waals surface area contributed by atoms with Crippen LogP contribution in [0.15, 0.2) is 34.9 Å². The number of aromatic nitrogens is 1. The molecule has 3 heterocycles. The molecule has 2 aromatic heterocycles. The highest BCUT2D eigenvalue weighted by atomic mass is 32.1. The number of anilines is 1. The first kappa shape index (κ1) is 23.6. The third-order valence-electron chi connectivity index (χ3n) is 6.33. The molecule has 2 aliphatic rings. The fraction of sp³-hybridized carbons (Fsp3) is 0.423. The zero-order chi connectivity index (χ0) is 24.2. The molecule has 2 N–H and O–H groups in total. The van der Waals surface area contributed by atoms with Gasteiger partial charge in [0.2, 0.25) is 0 Å². The number of fused-ring (bicyclic) bond motifs is 1. The van der Waals surface area contributed by atoms with Crippen LogP contribution in [0.4, 0.5) is 5.00 Å². The van der Waals surface area contributed by atoms with Gasteiger partial charge in [0.1, 0.15) is 10.8 Å². The molecule has 1 fully saturated rings. The molecular weight excluding hydrogens is 466 g/mol. The number of nitrogens with zero attached hydrogens (tertiary/aromatic N) is 1. The Morgan fingerprint density at radius 2 is 1.97 bits per heavy atom. The summed E-state index contributed by atoms with van der Waals surface area (Å²) in [6.45, 7) is 3.74. The summed E-state index contributed by atoms with van der Waals surface area (Å²) in [7, 11) is 0. The molecule has 0 bridgehead atoms. The molecule has 9 heteroatoms. The van der Waals surface area contributed by atoms with Gasteiger partial charge in [-0.25, -0.2) is 0 Å². The van der Waals surface area contributed by atoms with Crippen LogP contribution < -0.4 is 15.4 Å². The van der Waals surface area contributed by atoms with Crippen LogP contribution in [0.5, 0.6) is 5.75 Å². The van der Waals surface area contributed by atoms with Crippen molar-refractivity contribution in [2.75, 3.05) is 25.1 Å². The first-order valence-corrected chi connectivity index (χ1v) is 13.0. The van der Waals surface area contributed by atoms with Crippen LogP contribution in [-0.4, -0.2) is 42.8 Å². The summed E-state index contributed by atoms with van der Waals surface area (Å²) in [5, 5.41) is 10.5. The van der Waals surface area contributed by atoms with Gasteiger partial charge < -0.3 is 24.6 Å². The molecule has 3 aromatic rings. The summed E-state index contributed by atoms with van der Waals surface area (Å²) in [5.41, 5.74) is 2.58. The van der Waals surface area contributed by atoms with Gasteiger partial charge in [0.05, 0.1) is 18.3 Å². The lowest BCUT2D eigenvalue weighted by Gasteiger charge is -2.15. The SMILES string of the molecule is CCOc1ccc(-c2cc(C(=O)Nc3sc4c(c3C(=O)NCC3CCCO3)CCCC4)no2)cc1. The van der Waals surface area contributed by atoms with Gasteiger partial charge >= 0.3 is 0 Å². The van der Waals surface area contributed by atoms with Gasteiger partial charge in [-0.2, -0.15) is 0 Å². The number of amides is 2. The largest absolute Gasteiger partial charge is 0.494 e. The van der Waals surface area contributed by atoms with E-state index in [0.29, 0.717) is 29.5 Å². The zero-order valence-corrected chi connectivity index (χ0v) is 20.5. The van der Waals surface area contributed by atoms with Crippen molar-refractivity contribution in [2.45, 2.75) is 51.6 Å². The summed E-state index contributed by atoms with van der Waals surface area (Å²) in [5.74, 6) is 0.682. The van der Waals surface area contributed by atoms with E-state index in [0.717, 1.165) is 62.0 Å². The maximum atomic E-state index is 13.2. The first-order chi connectivity index (χ1) is 17.1. The van der Waals surface area contributed by atoms with E-state index in [4.69, 9.17) is 14.0 Å². The van der Waals surface area contributed by atoms with E-state index in [1.807, 2.05) is 31.2 Å². The fourth-order valence-electron chi connectivity index (χ4n) is 4.56. The molecule has 0 spiro atoms. The smallest absolute Gasteiger partial charge is 0.278 e. The molecule has 0 saturated carbocycles. The highest BCUT2D eigenvalue weighted by molar-refractivity contribution is 7.17. The van der Waals surface area contributed by atoms with Crippen molar-refractivity contribution in [3.63, 3.8) is 0 Å². The molecule has 1 aromatic carbocycles. The molecule has 1 unspecified atom stereocenters. The minimum atomic E-state index is -0.405. The topological polar surface area (TPSA) is 103 Å². The Labute approximate surface area is 208 Å². The number of nitrogens with one attached hydrogen (secondary N) is 2. The van der Waals surface area contributed by atoms with E-state index < -0.39 is 5.91 Å². The van der Waals surface area contributed by atoms with Gasteiger partial charge in [-0.1, -0.05) is 5.16 Å². The van der Waals surface area contributed by atoms with E-state index in [9.17, 15) is 9.59 Å². The van der Waals surface area contributed by atoms with E-state index in [1.54, 1.807) is 6.07 Å². The Morgan fingerprint density at radius 1 is 1.14 bits per heavy atom. The molecule has 1 saturated heterocycles. The number of hydrogen-bond acceptors (Lipinski definition) is 7. The third-order valence-corrected chi connectivity index (χ3v) is 7.54. The van der Waals surface area contributed by atoms with Crippen molar-refractivity contribution < 1.29 is 23.6 Å². The van der Waals surface area contributed by atoms with Crippen molar-refractivity contribution in [3.05, 3.63) is 52.0 Å². The van der Waals surface area contributed by atoms with Crippen LogP contribution in [0, 0.1) is 0 Å². The summed E-state index contributed by atoms with van der Waals surface area (Å²) in [4.78, 5) is 27.4. The Hall–Kier alpha value is -3.17. The molecule has 184 valence electrons. The van der Waals surface area contributed by atoms with Gasteiger partial charge in [-0.15, -0.1) is 11.3 Å². The molecule has 8 nitrogen and oxygen atoms in total. The lowest BCUT2D eigenvalue weighted by atomic mass is 9.95. The van der Waals surface area contributed by atoms with Gasteiger partial charge in [-0.3, -0.25) is 9.59 Å². The van der Waals surface area contributed by atoms with Crippen molar-refractivity contribution in [2.24, 2.45) is 0 Å². The van der Waals surface area contributed by atoms with E-state index in [1.165, 1.54) is 16.2 Å². The molecule has 2 amide bonds. The van der Waals surface area contributed by atoms with Crippen LogP contribution in [0.2, 0.25) is 0 Å². The Bertz CT molecular complexity index is 1190. The highest BCUT2D eigenvalue weighted by Crippen LogP contribution is 2.38. The summed E-state index contributed by atoms with van der Waals surface area (Å²) >= 11 is 1.48. The Morgan fingerprint density at radius 3 is 2.74 bits per heavy atom. The standard InChI is InChI=1S/C26H29N3O5S/c1-2-32-17-11-9-16(10-12-17)21-14-20(29-34-21)24(30)28-26-23(19-7-3-4-8-22(19)35-26)25(31)27-15-18-6-5-13-33-18/h9-12,14,18H,2-8,13,15H2,1H3,(H,27,31)(H,28,30). The van der Waals surface area contributed by atoms with Crippen LogP contribution in [0.1, 0.15) is 63.9 Å². The number of carbonyl (C=O) groups excluding carboxylic acids is 2. The average Bonchev–Trinajstić information content (AvgIpc) is 3.63. The quantitative estimate of drug-likeness (QED) is 0.464. The normalized spacial score (nSPS) is 17.1. The van der Waals surface area contributed by atoms with Crippen LogP contribution in [0.25, 0.3) is 11.3 Å². The molecule has 1 atom stereocenters. The maximum Gasteiger partial charge on any atom is 0.278 e. The monoisotopic (exact) mass is 495 g/mol. The summed E-state index contributed by atoms with van der Waals surface area (Å²) in [6, 6.07) is 9.02. The zero-order valence-electron chi connectivity index (χ0n) is 19.7. The minimum Gasteiger partial charge on any atom is -0.494 e. The summed E-state index contributed by atoms with van der Waals surface area (Å²) < 4.78 is 16.5. The van der Waals surface area contributed by atoms with Gasteiger partial charge in [0.15, 0.2) is 11.5 Å². The third kappa shape index (κ3) is 5.26. The molecule has 35 heavy (non-hydrogen) atoms. The maximum absolute atomic E-state index is 13.2. The first-order valence-electron chi connectivity index (χ1n) is 12.2. The van der Waals surface area contributed by atoms with E-state index in [-0.39, 0.29) is 17.7 Å². The number of rotatable bonds is 8. The second kappa shape index (κ2) is 10.6. The van der Waals surface area contributed by atoms with Crippen molar-refractivity contribution >= 4 is 28.2 Å². The fourth-order valence-corrected chi connectivity index (χ4v) is 5.84. The molecule has 0 radical (unpaired) electrons. The average molecular weight is 496 g/mol. The van der Waals surface area contributed by atoms with Crippen molar-refractivity contribution in [1.29, 1.82) is 0 Å². The van der Waals surface area contributed by atoms with Crippen LogP contribution >= 0.6 is 11.3 Å². The van der Waals surface area contributed by atoms with Crippen LogP contribution in [-0.2, 0) is 17.6 Å². The van der Waals surface area contributed by atoms with Crippen molar-refractivity contribution in [3.8, 4) is 17.1 Å². The number of ether oxygens (including phenoxy) is 2. The predicted molar refractivity (Wildman–Crippen MR) is 133 cm³/mol. The van der Waals surface area contributed by atoms with E-state index >= 15 is 0 Å². The second-order valence-electron chi connectivity index (χ2n) is 8.75. The van der Waals surface area contributed by atoms with E-state index in [2.05, 4.69) is 15.8 Å². The number of thiophene rings is 1. The molecule has 1 aliphatic carbocycles. The lowest BCUT2D eigenvalue weighted by molar-refractivity contribution is 0.0858.